The molecule has 0 aliphatic rings. The average molecular weight is 257 g/mol. The molecule has 0 amide bonds. The van der Waals surface area contributed by atoms with Crippen molar-refractivity contribution in [3.8, 4) is 0 Å². The largest absolute Gasteiger partial charge is 0.461 e. The first-order chi connectivity index (χ1) is 8.47. The summed E-state index contributed by atoms with van der Waals surface area (Å²) in [4.78, 5) is 13.4. The number of nitrogens with zero attached hydrogens (tertiary/aromatic N) is 1. The Kier molecular flexibility index (Phi) is 9.60. The quantitative estimate of drug-likeness (QED) is 0.341. The van der Waals surface area contributed by atoms with Crippen LogP contribution in [0.3, 0.4) is 0 Å². The maximum absolute atomic E-state index is 11.2. The molecule has 0 rings (SSSR count). The Bertz CT molecular complexity index is 251. The van der Waals surface area contributed by atoms with E-state index < -0.39 is 0 Å². The van der Waals surface area contributed by atoms with Gasteiger partial charge in [0.05, 0.1) is 6.61 Å². The highest BCUT2D eigenvalue weighted by Gasteiger charge is 2.06. The van der Waals surface area contributed by atoms with Crippen molar-refractivity contribution < 1.29 is 14.3 Å². The van der Waals surface area contributed by atoms with Gasteiger partial charge in [0.25, 0.3) is 0 Å². The Morgan fingerprint density at radius 2 is 1.89 bits per heavy atom. The van der Waals surface area contributed by atoms with Crippen LogP contribution in [0, 0.1) is 5.92 Å². The molecule has 0 aromatic rings. The maximum atomic E-state index is 11.2. The number of carbonyl (C=O) groups excluding carboxylic acids is 1. The van der Waals surface area contributed by atoms with Gasteiger partial charge in [-0.25, -0.2) is 4.79 Å². The molecule has 0 N–H and O–H groups in total. The molecular weight excluding hydrogens is 230 g/mol. The highest BCUT2D eigenvalue weighted by atomic mass is 16.5. The van der Waals surface area contributed by atoms with Crippen molar-refractivity contribution in [2.45, 2.75) is 27.7 Å². The Morgan fingerprint density at radius 1 is 1.28 bits per heavy atom. The van der Waals surface area contributed by atoms with Crippen molar-refractivity contribution >= 4 is 5.97 Å². The van der Waals surface area contributed by atoms with Crippen LogP contribution in [-0.2, 0) is 14.3 Å². The molecule has 4 heteroatoms. The van der Waals surface area contributed by atoms with E-state index in [0.29, 0.717) is 18.1 Å². The molecule has 106 valence electrons. The zero-order valence-electron chi connectivity index (χ0n) is 12.2. The second-order valence-electron chi connectivity index (χ2n) is 4.82. The fraction of sp³-hybridized carbons (Fsp3) is 0.786. The van der Waals surface area contributed by atoms with Crippen LogP contribution in [0.2, 0.25) is 0 Å². The van der Waals surface area contributed by atoms with E-state index in [-0.39, 0.29) is 5.97 Å². The fourth-order valence-corrected chi connectivity index (χ4v) is 1.33. The summed E-state index contributed by atoms with van der Waals surface area (Å²) in [5, 5.41) is 0. The van der Waals surface area contributed by atoms with Crippen LogP contribution in [0.5, 0.6) is 0 Å². The number of hydrogen-bond acceptors (Lipinski definition) is 4. The molecule has 0 aliphatic heterocycles. The highest BCUT2D eigenvalue weighted by molar-refractivity contribution is 5.86. The summed E-state index contributed by atoms with van der Waals surface area (Å²) in [5.41, 5.74) is 0.443. The minimum absolute atomic E-state index is 0.317. The zero-order chi connectivity index (χ0) is 14.0. The number of carbonyl (C=O) groups is 1. The van der Waals surface area contributed by atoms with E-state index in [1.165, 1.54) is 0 Å². The molecule has 0 spiro atoms. The van der Waals surface area contributed by atoms with Crippen LogP contribution >= 0.6 is 0 Å². The fourth-order valence-electron chi connectivity index (χ4n) is 1.33. The first kappa shape index (κ1) is 17.1. The highest BCUT2D eigenvalue weighted by Crippen LogP contribution is 1.96. The monoisotopic (exact) mass is 257 g/mol. The van der Waals surface area contributed by atoms with Crippen molar-refractivity contribution in [3.05, 3.63) is 12.2 Å². The van der Waals surface area contributed by atoms with Gasteiger partial charge >= 0.3 is 5.97 Å². The van der Waals surface area contributed by atoms with E-state index >= 15 is 0 Å². The van der Waals surface area contributed by atoms with Crippen molar-refractivity contribution in [1.82, 2.24) is 4.90 Å². The van der Waals surface area contributed by atoms with E-state index in [0.717, 1.165) is 32.8 Å². The predicted molar refractivity (Wildman–Crippen MR) is 73.5 cm³/mol. The summed E-state index contributed by atoms with van der Waals surface area (Å²) >= 11 is 0. The molecule has 0 aliphatic carbocycles. The third-order valence-electron chi connectivity index (χ3n) is 2.44. The molecule has 0 aromatic heterocycles. The van der Waals surface area contributed by atoms with Gasteiger partial charge in [0.1, 0.15) is 6.61 Å². The van der Waals surface area contributed by atoms with Gasteiger partial charge in [0.15, 0.2) is 0 Å². The van der Waals surface area contributed by atoms with Crippen LogP contribution < -0.4 is 0 Å². The Hall–Kier alpha value is -0.870. The third-order valence-corrected chi connectivity index (χ3v) is 2.44. The lowest BCUT2D eigenvalue weighted by molar-refractivity contribution is -0.139. The summed E-state index contributed by atoms with van der Waals surface area (Å²) in [6, 6.07) is 0. The van der Waals surface area contributed by atoms with Crippen LogP contribution in [-0.4, -0.2) is 50.3 Å². The van der Waals surface area contributed by atoms with Gasteiger partial charge in [-0.15, -0.1) is 0 Å². The van der Waals surface area contributed by atoms with Crippen molar-refractivity contribution in [2.24, 2.45) is 5.92 Å². The second kappa shape index (κ2) is 10.1. The second-order valence-corrected chi connectivity index (χ2v) is 4.82. The predicted octanol–water partition coefficient (Wildman–Crippen LogP) is 2.10. The minimum atomic E-state index is -0.317. The van der Waals surface area contributed by atoms with Gasteiger partial charge in [-0.05, 0) is 19.4 Å². The summed E-state index contributed by atoms with van der Waals surface area (Å²) < 4.78 is 10.6. The van der Waals surface area contributed by atoms with Gasteiger partial charge in [-0.3, -0.25) is 4.90 Å². The lowest BCUT2D eigenvalue weighted by Gasteiger charge is -2.20. The molecule has 0 fully saturated rings. The average Bonchev–Trinajstić information content (AvgIpc) is 2.31. The zero-order valence-corrected chi connectivity index (χ0v) is 12.2. The smallest absolute Gasteiger partial charge is 0.333 e. The SMILES string of the molecule is C=C(C)C(=O)OCCN(CC)CCOCC(C)C. The molecule has 0 radical (unpaired) electrons. The standard InChI is InChI=1S/C14H27NO3/c1-6-15(7-9-17-11-12(2)3)8-10-18-14(16)13(4)5/h12H,4,6-11H2,1-3,5H3. The normalized spacial score (nSPS) is 11.0. The van der Waals surface area contributed by atoms with Crippen molar-refractivity contribution in [2.75, 3.05) is 39.5 Å². The van der Waals surface area contributed by atoms with Crippen LogP contribution in [0.1, 0.15) is 27.7 Å². The summed E-state index contributed by atoms with van der Waals surface area (Å²) in [6.07, 6.45) is 0. The molecule has 0 unspecified atom stereocenters. The Labute approximate surface area is 111 Å². The van der Waals surface area contributed by atoms with Gasteiger partial charge in [-0.2, -0.15) is 0 Å². The number of hydrogen-bond donors (Lipinski definition) is 0. The third kappa shape index (κ3) is 9.19. The van der Waals surface area contributed by atoms with Gasteiger partial charge < -0.3 is 9.47 Å². The van der Waals surface area contributed by atoms with Crippen molar-refractivity contribution in [1.29, 1.82) is 0 Å². The maximum Gasteiger partial charge on any atom is 0.333 e. The van der Waals surface area contributed by atoms with Crippen molar-refractivity contribution in [3.63, 3.8) is 0 Å². The Morgan fingerprint density at radius 3 is 2.39 bits per heavy atom. The number of ether oxygens (including phenoxy) is 2. The van der Waals surface area contributed by atoms with E-state index in [2.05, 4.69) is 32.3 Å². The molecule has 4 nitrogen and oxygen atoms in total. The van der Waals surface area contributed by atoms with Crippen LogP contribution in [0.15, 0.2) is 12.2 Å². The molecule has 0 saturated carbocycles. The van der Waals surface area contributed by atoms with E-state index in [1.807, 2.05) is 0 Å². The Balaban J connectivity index is 3.64. The van der Waals surface area contributed by atoms with E-state index in [9.17, 15) is 4.79 Å². The minimum Gasteiger partial charge on any atom is -0.461 e. The summed E-state index contributed by atoms with van der Waals surface area (Å²) in [6.45, 7) is 16.0. The van der Waals surface area contributed by atoms with E-state index in [4.69, 9.17) is 9.47 Å². The molecule has 0 bridgehead atoms. The topological polar surface area (TPSA) is 38.8 Å². The van der Waals surface area contributed by atoms with E-state index in [1.54, 1.807) is 6.92 Å². The van der Waals surface area contributed by atoms with Gasteiger partial charge in [0, 0.05) is 25.3 Å². The molecule has 18 heavy (non-hydrogen) atoms. The van der Waals surface area contributed by atoms with Crippen LogP contribution in [0.4, 0.5) is 0 Å². The van der Waals surface area contributed by atoms with Gasteiger partial charge in [-0.1, -0.05) is 27.4 Å². The first-order valence-corrected chi connectivity index (χ1v) is 6.60. The van der Waals surface area contributed by atoms with Crippen LogP contribution in [0.25, 0.3) is 0 Å². The molecule has 0 heterocycles. The molecule has 0 atom stereocenters. The summed E-state index contributed by atoms with van der Waals surface area (Å²) in [5.74, 6) is 0.249. The number of likely N-dealkylation sites (N-methyl/N-ethyl adjacent to an activating group) is 1. The molecular formula is C14H27NO3. The lowest BCUT2D eigenvalue weighted by atomic mass is 10.2. The molecule has 0 saturated heterocycles. The summed E-state index contributed by atoms with van der Waals surface area (Å²) in [7, 11) is 0. The van der Waals surface area contributed by atoms with Gasteiger partial charge in [0.2, 0.25) is 0 Å². The number of rotatable bonds is 10. The molecule has 0 aromatic carbocycles. The number of esters is 1. The first-order valence-electron chi connectivity index (χ1n) is 6.60. The lowest BCUT2D eigenvalue weighted by Crippen LogP contribution is -2.31.